The molecule has 9 heteroatoms. The van der Waals surface area contributed by atoms with Gasteiger partial charge < -0.3 is 15.8 Å². The maximum atomic E-state index is 13.0. The van der Waals surface area contributed by atoms with E-state index in [1.165, 1.54) is 12.1 Å². The highest BCUT2D eigenvalue weighted by Gasteiger charge is 2.19. The highest BCUT2D eigenvalue weighted by atomic mass is 19.1. The number of nitrogens with one attached hydrogen (secondary N) is 3. The molecule has 0 aliphatic heterocycles. The van der Waals surface area contributed by atoms with Gasteiger partial charge in [-0.1, -0.05) is 30.3 Å². The van der Waals surface area contributed by atoms with Crippen LogP contribution in [0.1, 0.15) is 28.4 Å². The summed E-state index contributed by atoms with van der Waals surface area (Å²) in [6.07, 6.45) is -0.207. The molecule has 0 fully saturated rings. The molecule has 8 nitrogen and oxygen atoms in total. The number of hydrogen-bond donors (Lipinski definition) is 4. The summed E-state index contributed by atoms with van der Waals surface area (Å²) in [5.41, 5.74) is 10.5. The molecule has 0 saturated heterocycles. The van der Waals surface area contributed by atoms with Gasteiger partial charge in [-0.25, -0.2) is 9.18 Å². The number of nitrogens with two attached hydrogens (primary N) is 1. The van der Waals surface area contributed by atoms with E-state index in [0.29, 0.717) is 17.1 Å². The summed E-state index contributed by atoms with van der Waals surface area (Å²) in [7, 11) is 0. The predicted molar refractivity (Wildman–Crippen MR) is 115 cm³/mol. The van der Waals surface area contributed by atoms with E-state index in [0.717, 1.165) is 12.1 Å². The third kappa shape index (κ3) is 6.56. The third-order valence-electron chi connectivity index (χ3n) is 4.37. The van der Waals surface area contributed by atoms with Crippen molar-refractivity contribution in [2.75, 3.05) is 0 Å². The molecule has 4 amide bonds. The first-order valence-electron chi connectivity index (χ1n) is 9.64. The number of hydrogen-bond acceptors (Lipinski definition) is 4. The largest absolute Gasteiger partial charge is 0.457 e. The lowest BCUT2D eigenvalue weighted by Crippen LogP contribution is -2.44. The molecule has 3 aromatic carbocycles. The van der Waals surface area contributed by atoms with Gasteiger partial charge in [0.05, 0.1) is 12.5 Å². The zero-order valence-electron chi connectivity index (χ0n) is 16.9. The van der Waals surface area contributed by atoms with Crippen molar-refractivity contribution in [1.29, 1.82) is 0 Å². The standard InChI is InChI=1S/C23H21FN4O4/c24-17-11-9-15(10-12-17)22(30)28-27-21(29)14-20(26-23(25)31)16-5-4-8-19(13-16)32-18-6-2-1-3-7-18/h1-13,20H,14H2,(H,27,29)(H,28,30)(H3,25,26,31). The molecule has 0 heterocycles. The number of halogens is 1. The van der Waals surface area contributed by atoms with Crippen LogP contribution in [0.15, 0.2) is 78.9 Å². The number of carbonyl (C=O) groups excluding carboxylic acids is 3. The Kier molecular flexibility index (Phi) is 7.37. The van der Waals surface area contributed by atoms with E-state index in [4.69, 9.17) is 10.5 Å². The molecule has 0 radical (unpaired) electrons. The molecule has 164 valence electrons. The van der Waals surface area contributed by atoms with Crippen LogP contribution in [0.25, 0.3) is 0 Å². The van der Waals surface area contributed by atoms with E-state index >= 15 is 0 Å². The van der Waals surface area contributed by atoms with Gasteiger partial charge in [-0.15, -0.1) is 0 Å². The van der Waals surface area contributed by atoms with Crippen molar-refractivity contribution < 1.29 is 23.5 Å². The van der Waals surface area contributed by atoms with Crippen LogP contribution in [-0.4, -0.2) is 17.8 Å². The van der Waals surface area contributed by atoms with Crippen LogP contribution < -0.4 is 26.6 Å². The van der Waals surface area contributed by atoms with Crippen molar-refractivity contribution in [3.05, 3.63) is 95.8 Å². The second-order valence-electron chi connectivity index (χ2n) is 6.76. The number of amides is 4. The lowest BCUT2D eigenvalue weighted by atomic mass is 10.0. The minimum absolute atomic E-state index is 0.171. The van der Waals surface area contributed by atoms with E-state index in [1.807, 2.05) is 18.2 Å². The summed E-state index contributed by atoms with van der Waals surface area (Å²) in [6, 6.07) is 19.2. The lowest BCUT2D eigenvalue weighted by Gasteiger charge is -2.19. The van der Waals surface area contributed by atoms with Gasteiger partial charge in [0.1, 0.15) is 17.3 Å². The van der Waals surface area contributed by atoms with E-state index in [1.54, 1.807) is 36.4 Å². The Bertz CT molecular complexity index is 1090. The number of ether oxygens (including phenoxy) is 1. The Morgan fingerprint density at radius 3 is 2.25 bits per heavy atom. The monoisotopic (exact) mass is 436 g/mol. The number of primary amides is 1. The number of para-hydroxylation sites is 1. The molecule has 0 aromatic heterocycles. The summed E-state index contributed by atoms with van der Waals surface area (Å²) in [6.45, 7) is 0. The van der Waals surface area contributed by atoms with Gasteiger partial charge in [-0.05, 0) is 54.1 Å². The Balaban J connectivity index is 1.65. The molecule has 0 spiro atoms. The van der Waals surface area contributed by atoms with E-state index in [9.17, 15) is 18.8 Å². The van der Waals surface area contributed by atoms with Gasteiger partial charge in [0.2, 0.25) is 5.91 Å². The third-order valence-corrected chi connectivity index (χ3v) is 4.37. The Labute approximate surface area is 183 Å². The van der Waals surface area contributed by atoms with Crippen molar-refractivity contribution >= 4 is 17.8 Å². The van der Waals surface area contributed by atoms with Gasteiger partial charge >= 0.3 is 6.03 Å². The molecule has 1 atom stereocenters. The summed E-state index contributed by atoms with van der Waals surface area (Å²) >= 11 is 0. The minimum atomic E-state index is -0.812. The van der Waals surface area contributed by atoms with E-state index in [2.05, 4.69) is 16.2 Å². The molecule has 0 bridgehead atoms. The Morgan fingerprint density at radius 2 is 1.56 bits per heavy atom. The Hall–Kier alpha value is -4.40. The smallest absolute Gasteiger partial charge is 0.312 e. The highest BCUT2D eigenvalue weighted by molar-refractivity contribution is 5.95. The zero-order valence-corrected chi connectivity index (χ0v) is 16.9. The van der Waals surface area contributed by atoms with Crippen LogP contribution in [-0.2, 0) is 4.79 Å². The number of carbonyl (C=O) groups is 3. The van der Waals surface area contributed by atoms with Gasteiger partial charge in [0.25, 0.3) is 5.91 Å². The molecular weight excluding hydrogens is 415 g/mol. The average molecular weight is 436 g/mol. The van der Waals surface area contributed by atoms with E-state index in [-0.39, 0.29) is 12.0 Å². The quantitative estimate of drug-likeness (QED) is 0.425. The molecule has 0 saturated carbocycles. The molecular formula is C23H21FN4O4. The predicted octanol–water partition coefficient (Wildman–Crippen LogP) is 3.18. The first-order valence-corrected chi connectivity index (χ1v) is 9.64. The van der Waals surface area contributed by atoms with Crippen LogP contribution in [0.3, 0.4) is 0 Å². The second kappa shape index (κ2) is 10.6. The lowest BCUT2D eigenvalue weighted by molar-refractivity contribution is -0.122. The molecule has 1 unspecified atom stereocenters. The minimum Gasteiger partial charge on any atom is -0.457 e. The summed E-state index contributed by atoms with van der Waals surface area (Å²) in [4.78, 5) is 35.9. The first-order chi connectivity index (χ1) is 15.4. The molecule has 5 N–H and O–H groups in total. The first kappa shape index (κ1) is 22.3. The molecule has 3 aromatic rings. The topological polar surface area (TPSA) is 123 Å². The molecule has 0 aliphatic rings. The molecule has 32 heavy (non-hydrogen) atoms. The maximum absolute atomic E-state index is 13.0. The van der Waals surface area contributed by atoms with Crippen LogP contribution in [0.4, 0.5) is 9.18 Å². The van der Waals surface area contributed by atoms with Crippen molar-refractivity contribution in [1.82, 2.24) is 16.2 Å². The van der Waals surface area contributed by atoms with Gasteiger partial charge in [0, 0.05) is 5.56 Å². The molecule has 3 rings (SSSR count). The SMILES string of the molecule is NC(=O)NC(CC(=O)NNC(=O)c1ccc(F)cc1)c1cccc(Oc2ccccc2)c1. The molecule has 0 aliphatic carbocycles. The van der Waals surface area contributed by atoms with Gasteiger partial charge in [0.15, 0.2) is 0 Å². The number of hydrazine groups is 1. The van der Waals surface area contributed by atoms with Crippen molar-refractivity contribution in [3.63, 3.8) is 0 Å². The summed E-state index contributed by atoms with van der Waals surface area (Å²) in [5, 5.41) is 2.51. The Morgan fingerprint density at radius 1 is 0.875 bits per heavy atom. The summed E-state index contributed by atoms with van der Waals surface area (Å²) < 4.78 is 18.8. The van der Waals surface area contributed by atoms with E-state index < -0.39 is 29.7 Å². The average Bonchev–Trinajstić information content (AvgIpc) is 2.78. The highest BCUT2D eigenvalue weighted by Crippen LogP contribution is 2.25. The fraction of sp³-hybridized carbons (Fsp3) is 0.0870. The zero-order chi connectivity index (χ0) is 22.9. The number of rotatable bonds is 7. The number of benzene rings is 3. The van der Waals surface area contributed by atoms with Crippen LogP contribution in [0.2, 0.25) is 0 Å². The van der Waals surface area contributed by atoms with Gasteiger partial charge in [-0.2, -0.15) is 0 Å². The van der Waals surface area contributed by atoms with Crippen LogP contribution in [0.5, 0.6) is 11.5 Å². The summed E-state index contributed by atoms with van der Waals surface area (Å²) in [5.74, 6) is -0.533. The van der Waals surface area contributed by atoms with Crippen LogP contribution >= 0.6 is 0 Å². The van der Waals surface area contributed by atoms with Crippen molar-refractivity contribution in [2.45, 2.75) is 12.5 Å². The number of urea groups is 1. The van der Waals surface area contributed by atoms with Crippen LogP contribution in [0, 0.1) is 5.82 Å². The maximum Gasteiger partial charge on any atom is 0.312 e. The fourth-order valence-corrected chi connectivity index (χ4v) is 2.88. The van der Waals surface area contributed by atoms with Gasteiger partial charge in [-0.3, -0.25) is 20.4 Å². The van der Waals surface area contributed by atoms with Crippen molar-refractivity contribution in [3.8, 4) is 11.5 Å². The van der Waals surface area contributed by atoms with Crippen molar-refractivity contribution in [2.24, 2.45) is 5.73 Å². The fourth-order valence-electron chi connectivity index (χ4n) is 2.88. The second-order valence-corrected chi connectivity index (χ2v) is 6.76. The normalized spacial score (nSPS) is 11.2.